The first kappa shape index (κ1) is 12.2. The van der Waals surface area contributed by atoms with E-state index in [-0.39, 0.29) is 11.5 Å². The Balaban J connectivity index is 2.23. The minimum Gasteiger partial charge on any atom is -0.497 e. The zero-order valence-corrected chi connectivity index (χ0v) is 10.6. The molecule has 2 nitrogen and oxygen atoms in total. The second-order valence-corrected chi connectivity index (χ2v) is 5.16. The molecule has 2 heteroatoms. The zero-order valence-electron chi connectivity index (χ0n) is 10.6. The van der Waals surface area contributed by atoms with Gasteiger partial charge in [-0.05, 0) is 24.5 Å². The summed E-state index contributed by atoms with van der Waals surface area (Å²) in [5.74, 6) is 0.949. The number of hydrogen-bond acceptors (Lipinski definition) is 2. The van der Waals surface area contributed by atoms with Gasteiger partial charge < -0.3 is 10.5 Å². The maximum atomic E-state index is 6.36. The Morgan fingerprint density at radius 3 is 2.53 bits per heavy atom. The van der Waals surface area contributed by atoms with Crippen LogP contribution in [0.5, 0.6) is 0 Å². The number of allylic oxidation sites excluding steroid dienone is 1. The van der Waals surface area contributed by atoms with E-state index in [9.17, 15) is 0 Å². The first-order valence-electron chi connectivity index (χ1n) is 6.26. The topological polar surface area (TPSA) is 35.2 Å². The van der Waals surface area contributed by atoms with Crippen LogP contribution in [0.4, 0.5) is 0 Å². The average molecular weight is 231 g/mol. The molecule has 1 aromatic rings. The summed E-state index contributed by atoms with van der Waals surface area (Å²) in [6.45, 7) is 5.14. The van der Waals surface area contributed by atoms with Gasteiger partial charge in [-0.15, -0.1) is 0 Å². The molecule has 2 rings (SSSR count). The maximum Gasteiger partial charge on any atom is 0.110 e. The zero-order chi connectivity index (χ0) is 12.3. The summed E-state index contributed by atoms with van der Waals surface area (Å²) in [6, 6.07) is 10.3. The van der Waals surface area contributed by atoms with Crippen molar-refractivity contribution in [1.82, 2.24) is 0 Å². The highest BCUT2D eigenvalue weighted by Crippen LogP contribution is 2.31. The lowest BCUT2D eigenvalue weighted by molar-refractivity contribution is 0.159. The van der Waals surface area contributed by atoms with E-state index < -0.39 is 0 Å². The van der Waals surface area contributed by atoms with Gasteiger partial charge in [0.2, 0.25) is 0 Å². The molecular formula is C15H21NO. The van der Waals surface area contributed by atoms with E-state index in [0.29, 0.717) is 0 Å². The lowest BCUT2D eigenvalue weighted by atomic mass is 9.77. The molecule has 1 unspecified atom stereocenters. The number of benzene rings is 1. The number of nitrogens with two attached hydrogens (primary N) is 1. The van der Waals surface area contributed by atoms with Crippen LogP contribution in [-0.4, -0.2) is 12.6 Å². The van der Waals surface area contributed by atoms with Gasteiger partial charge in [0, 0.05) is 5.41 Å². The van der Waals surface area contributed by atoms with Crippen LogP contribution in [0.1, 0.15) is 32.3 Å². The van der Waals surface area contributed by atoms with Gasteiger partial charge in [-0.2, -0.15) is 0 Å². The van der Waals surface area contributed by atoms with Crippen LogP contribution in [0.15, 0.2) is 42.2 Å². The minimum absolute atomic E-state index is 0.0785. The molecule has 1 aromatic carbocycles. The minimum atomic E-state index is -0.107. The summed E-state index contributed by atoms with van der Waals surface area (Å²) in [7, 11) is 0. The molecule has 0 saturated carbocycles. The van der Waals surface area contributed by atoms with Crippen molar-refractivity contribution in [1.29, 1.82) is 0 Å². The molecule has 1 atom stereocenters. The van der Waals surface area contributed by atoms with Gasteiger partial charge >= 0.3 is 0 Å². The molecule has 0 aromatic heterocycles. The maximum absolute atomic E-state index is 6.36. The smallest absolute Gasteiger partial charge is 0.110 e. The molecule has 0 radical (unpaired) electrons. The molecule has 0 saturated heterocycles. The van der Waals surface area contributed by atoms with Crippen LogP contribution >= 0.6 is 0 Å². The molecule has 0 fully saturated rings. The molecule has 0 amide bonds. The standard InChI is InChI=1S/C15H21NO/c1-15(2,12-8-4-3-5-9-12)14(16)13-10-6-7-11-17-13/h3-5,8-10,14H,6-7,11,16H2,1-2H3. The molecule has 1 aliphatic rings. The van der Waals surface area contributed by atoms with E-state index in [0.717, 1.165) is 25.2 Å². The largest absolute Gasteiger partial charge is 0.497 e. The molecule has 0 aliphatic carbocycles. The molecule has 1 heterocycles. The van der Waals surface area contributed by atoms with Crippen LogP contribution < -0.4 is 5.73 Å². The third-order valence-corrected chi connectivity index (χ3v) is 3.56. The number of hydrogen-bond donors (Lipinski definition) is 1. The van der Waals surface area contributed by atoms with Crippen molar-refractivity contribution in [3.63, 3.8) is 0 Å². The lowest BCUT2D eigenvalue weighted by Crippen LogP contribution is -2.43. The summed E-state index contributed by atoms with van der Waals surface area (Å²) in [5, 5.41) is 0. The predicted molar refractivity (Wildman–Crippen MR) is 70.7 cm³/mol. The molecule has 1 aliphatic heterocycles. The van der Waals surface area contributed by atoms with E-state index in [4.69, 9.17) is 10.5 Å². The molecule has 17 heavy (non-hydrogen) atoms. The second-order valence-electron chi connectivity index (χ2n) is 5.16. The Hall–Kier alpha value is -1.28. The van der Waals surface area contributed by atoms with Crippen LogP contribution in [0.25, 0.3) is 0 Å². The van der Waals surface area contributed by atoms with E-state index >= 15 is 0 Å². The van der Waals surface area contributed by atoms with E-state index in [1.165, 1.54) is 5.56 Å². The quantitative estimate of drug-likeness (QED) is 0.868. The fourth-order valence-electron chi connectivity index (χ4n) is 2.20. The predicted octanol–water partition coefficient (Wildman–Crippen LogP) is 2.99. The Labute approximate surface area is 103 Å². The van der Waals surface area contributed by atoms with Crippen molar-refractivity contribution in [2.45, 2.75) is 38.1 Å². The van der Waals surface area contributed by atoms with E-state index in [1.54, 1.807) is 0 Å². The molecule has 2 N–H and O–H groups in total. The van der Waals surface area contributed by atoms with Crippen molar-refractivity contribution < 1.29 is 4.74 Å². The molecular weight excluding hydrogens is 210 g/mol. The SMILES string of the molecule is CC(C)(c1ccccc1)C(N)C1=CCCCO1. The Morgan fingerprint density at radius 1 is 1.24 bits per heavy atom. The average Bonchev–Trinajstić information content (AvgIpc) is 2.40. The van der Waals surface area contributed by atoms with Gasteiger partial charge in [-0.1, -0.05) is 44.2 Å². The van der Waals surface area contributed by atoms with Gasteiger partial charge in [-0.25, -0.2) is 0 Å². The number of rotatable bonds is 3. The highest BCUT2D eigenvalue weighted by molar-refractivity contribution is 5.29. The first-order chi connectivity index (χ1) is 8.12. The summed E-state index contributed by atoms with van der Waals surface area (Å²) in [4.78, 5) is 0. The van der Waals surface area contributed by atoms with Gasteiger partial charge in [-0.3, -0.25) is 0 Å². The van der Waals surface area contributed by atoms with Gasteiger partial charge in [0.25, 0.3) is 0 Å². The van der Waals surface area contributed by atoms with Crippen LogP contribution in [-0.2, 0) is 10.2 Å². The molecule has 92 valence electrons. The molecule has 0 spiro atoms. The second kappa shape index (κ2) is 4.92. The van der Waals surface area contributed by atoms with Crippen LogP contribution in [0, 0.1) is 0 Å². The third kappa shape index (κ3) is 2.52. The van der Waals surface area contributed by atoms with Crippen molar-refractivity contribution in [3.8, 4) is 0 Å². The fourth-order valence-corrected chi connectivity index (χ4v) is 2.20. The number of ether oxygens (including phenoxy) is 1. The highest BCUT2D eigenvalue weighted by atomic mass is 16.5. The van der Waals surface area contributed by atoms with Crippen molar-refractivity contribution >= 4 is 0 Å². The fraction of sp³-hybridized carbons (Fsp3) is 0.467. The normalized spacial score (nSPS) is 18.2. The highest BCUT2D eigenvalue weighted by Gasteiger charge is 2.32. The first-order valence-corrected chi connectivity index (χ1v) is 6.26. The van der Waals surface area contributed by atoms with Gasteiger partial charge in [0.15, 0.2) is 0 Å². The summed E-state index contributed by atoms with van der Waals surface area (Å²) in [5.41, 5.74) is 7.51. The van der Waals surface area contributed by atoms with Crippen molar-refractivity contribution in [3.05, 3.63) is 47.7 Å². The van der Waals surface area contributed by atoms with E-state index in [2.05, 4.69) is 44.2 Å². The summed E-state index contributed by atoms with van der Waals surface area (Å²) in [6.07, 6.45) is 4.31. The Kier molecular flexibility index (Phi) is 3.53. The van der Waals surface area contributed by atoms with Gasteiger partial charge in [0.1, 0.15) is 5.76 Å². The summed E-state index contributed by atoms with van der Waals surface area (Å²) < 4.78 is 5.68. The Morgan fingerprint density at radius 2 is 1.94 bits per heavy atom. The third-order valence-electron chi connectivity index (χ3n) is 3.56. The van der Waals surface area contributed by atoms with Crippen LogP contribution in [0.3, 0.4) is 0 Å². The monoisotopic (exact) mass is 231 g/mol. The lowest BCUT2D eigenvalue weighted by Gasteiger charge is -2.34. The van der Waals surface area contributed by atoms with Gasteiger partial charge in [0.05, 0.1) is 12.6 Å². The summed E-state index contributed by atoms with van der Waals surface area (Å²) >= 11 is 0. The molecule has 0 bridgehead atoms. The Bertz CT molecular complexity index is 395. The van der Waals surface area contributed by atoms with Crippen molar-refractivity contribution in [2.75, 3.05) is 6.61 Å². The van der Waals surface area contributed by atoms with Crippen LogP contribution in [0.2, 0.25) is 0 Å². The van der Waals surface area contributed by atoms with E-state index in [1.807, 2.05) is 6.07 Å². The van der Waals surface area contributed by atoms with Crippen molar-refractivity contribution in [2.24, 2.45) is 5.73 Å².